The minimum atomic E-state index is 0.243. The van der Waals surface area contributed by atoms with Crippen molar-refractivity contribution in [3.63, 3.8) is 0 Å². The summed E-state index contributed by atoms with van der Waals surface area (Å²) in [5, 5.41) is 3.58. The number of nitrogens with one attached hydrogen (secondary N) is 1. The van der Waals surface area contributed by atoms with Gasteiger partial charge in [-0.15, -0.1) is 0 Å². The molecule has 1 N–H and O–H groups in total. The number of aryl methyl sites for hydroxylation is 2. The summed E-state index contributed by atoms with van der Waals surface area (Å²) in [6, 6.07) is 17.1. The van der Waals surface area contributed by atoms with Crippen LogP contribution in [0, 0.1) is 6.92 Å². The highest BCUT2D eigenvalue weighted by atomic mass is 15.1. The van der Waals surface area contributed by atoms with Gasteiger partial charge in [0.25, 0.3) is 0 Å². The average molecular weight is 345 g/mol. The molecule has 4 rings (SSSR count). The van der Waals surface area contributed by atoms with Gasteiger partial charge < -0.3 is 14.5 Å². The predicted octanol–water partition coefficient (Wildman–Crippen LogP) is 3.92. The first-order valence-corrected chi connectivity index (χ1v) is 8.87. The van der Waals surface area contributed by atoms with Gasteiger partial charge in [0, 0.05) is 31.2 Å². The maximum atomic E-state index is 4.73. The molecule has 0 aliphatic carbocycles. The molecule has 2 aromatic heterocycles. The Kier molecular flexibility index (Phi) is 4.31. The van der Waals surface area contributed by atoms with Gasteiger partial charge >= 0.3 is 0 Å². The van der Waals surface area contributed by atoms with Crippen LogP contribution >= 0.6 is 0 Å². The number of nitrogens with zero attached hydrogens (tertiary/aromatic N) is 4. The third-order valence-electron chi connectivity index (χ3n) is 4.94. The fourth-order valence-corrected chi connectivity index (χ4v) is 3.29. The van der Waals surface area contributed by atoms with E-state index in [0.717, 1.165) is 34.9 Å². The molecule has 0 aliphatic heterocycles. The Morgan fingerprint density at radius 2 is 1.85 bits per heavy atom. The molecule has 5 nitrogen and oxygen atoms in total. The number of aromatic nitrogens is 4. The second-order valence-corrected chi connectivity index (χ2v) is 6.61. The minimum absolute atomic E-state index is 0.243. The Labute approximate surface area is 153 Å². The van der Waals surface area contributed by atoms with Crippen molar-refractivity contribution in [2.45, 2.75) is 26.4 Å². The van der Waals surface area contributed by atoms with E-state index in [9.17, 15) is 0 Å². The van der Waals surface area contributed by atoms with Crippen molar-refractivity contribution in [1.29, 1.82) is 0 Å². The Bertz CT molecular complexity index is 1030. The topological polar surface area (TPSA) is 47.7 Å². The summed E-state index contributed by atoms with van der Waals surface area (Å²) in [6.45, 7) is 4.92. The van der Waals surface area contributed by atoms with Crippen molar-refractivity contribution >= 4 is 11.0 Å². The molecule has 0 saturated heterocycles. The summed E-state index contributed by atoms with van der Waals surface area (Å²) in [7, 11) is 2.07. The molecular weight excluding hydrogens is 322 g/mol. The van der Waals surface area contributed by atoms with Gasteiger partial charge in [0.15, 0.2) is 0 Å². The monoisotopic (exact) mass is 345 g/mol. The van der Waals surface area contributed by atoms with Crippen molar-refractivity contribution in [2.24, 2.45) is 7.05 Å². The largest absolute Gasteiger partial charge is 0.330 e. The highest BCUT2D eigenvalue weighted by Gasteiger charge is 2.10. The average Bonchev–Trinajstić information content (AvgIpc) is 3.23. The predicted molar refractivity (Wildman–Crippen MR) is 104 cm³/mol. The molecule has 2 aromatic carbocycles. The van der Waals surface area contributed by atoms with E-state index in [2.05, 4.69) is 69.8 Å². The molecule has 0 spiro atoms. The molecule has 0 bridgehead atoms. The van der Waals surface area contributed by atoms with Gasteiger partial charge in [-0.3, -0.25) is 0 Å². The van der Waals surface area contributed by atoms with Crippen LogP contribution in [0.2, 0.25) is 0 Å². The molecule has 1 unspecified atom stereocenters. The van der Waals surface area contributed by atoms with Gasteiger partial charge in [-0.2, -0.15) is 0 Å². The molecule has 132 valence electrons. The first kappa shape index (κ1) is 16.5. The lowest BCUT2D eigenvalue weighted by molar-refractivity contribution is 0.551. The zero-order valence-corrected chi connectivity index (χ0v) is 15.3. The number of hydrogen-bond donors (Lipinski definition) is 1. The van der Waals surface area contributed by atoms with Gasteiger partial charge in [0.05, 0.1) is 17.6 Å². The number of imidazole rings is 2. The Balaban J connectivity index is 1.47. The van der Waals surface area contributed by atoms with Gasteiger partial charge in [0.2, 0.25) is 0 Å². The van der Waals surface area contributed by atoms with E-state index in [1.807, 2.05) is 31.5 Å². The molecule has 2 heterocycles. The van der Waals surface area contributed by atoms with E-state index in [4.69, 9.17) is 4.98 Å². The van der Waals surface area contributed by atoms with E-state index in [0.29, 0.717) is 0 Å². The van der Waals surface area contributed by atoms with E-state index < -0.39 is 0 Å². The Morgan fingerprint density at radius 3 is 2.54 bits per heavy atom. The van der Waals surface area contributed by atoms with Crippen molar-refractivity contribution in [3.05, 3.63) is 78.1 Å². The summed E-state index contributed by atoms with van der Waals surface area (Å²) in [5.41, 5.74) is 4.59. The van der Waals surface area contributed by atoms with Crippen LogP contribution in [0.5, 0.6) is 0 Å². The van der Waals surface area contributed by atoms with Crippen LogP contribution in [-0.2, 0) is 13.6 Å². The molecule has 0 fully saturated rings. The third kappa shape index (κ3) is 3.02. The fraction of sp³-hybridized carbons (Fsp3) is 0.238. The Hall–Kier alpha value is -2.92. The van der Waals surface area contributed by atoms with Crippen LogP contribution in [0.15, 0.2) is 60.9 Å². The molecule has 4 aromatic rings. The number of hydrogen-bond acceptors (Lipinski definition) is 3. The first-order valence-electron chi connectivity index (χ1n) is 8.87. The highest BCUT2D eigenvalue weighted by Crippen LogP contribution is 2.18. The number of rotatable bonds is 5. The van der Waals surface area contributed by atoms with Crippen molar-refractivity contribution < 1.29 is 0 Å². The maximum absolute atomic E-state index is 4.73. The molecule has 0 saturated carbocycles. The van der Waals surface area contributed by atoms with Crippen LogP contribution in [0.25, 0.3) is 16.7 Å². The van der Waals surface area contributed by atoms with E-state index in [1.54, 1.807) is 0 Å². The summed E-state index contributed by atoms with van der Waals surface area (Å²) in [5.74, 6) is 2.04. The van der Waals surface area contributed by atoms with E-state index in [-0.39, 0.29) is 6.04 Å². The summed E-state index contributed by atoms with van der Waals surface area (Å²) in [4.78, 5) is 9.01. The zero-order valence-electron chi connectivity index (χ0n) is 15.3. The zero-order chi connectivity index (χ0) is 18.1. The standard InChI is InChI=1S/C21H23N5/c1-15(17-8-10-18(11-9-17)26-13-12-22-16(26)2)23-14-21-24-19-6-4-5-7-20(19)25(21)3/h4-13,15,23H,14H2,1-3H3. The lowest BCUT2D eigenvalue weighted by atomic mass is 10.1. The molecule has 1 atom stereocenters. The van der Waals surface area contributed by atoms with Gasteiger partial charge in [-0.05, 0) is 43.7 Å². The van der Waals surface area contributed by atoms with Gasteiger partial charge in [-0.1, -0.05) is 24.3 Å². The van der Waals surface area contributed by atoms with Crippen molar-refractivity contribution in [2.75, 3.05) is 0 Å². The SMILES string of the molecule is Cc1nccn1-c1ccc(C(C)NCc2nc3ccccc3n2C)cc1. The third-order valence-corrected chi connectivity index (χ3v) is 4.94. The molecule has 0 radical (unpaired) electrons. The van der Waals surface area contributed by atoms with Crippen LogP contribution < -0.4 is 5.32 Å². The summed E-state index contributed by atoms with van der Waals surface area (Å²) in [6.07, 6.45) is 3.81. The van der Waals surface area contributed by atoms with Crippen LogP contribution in [0.4, 0.5) is 0 Å². The van der Waals surface area contributed by atoms with Crippen LogP contribution in [-0.4, -0.2) is 19.1 Å². The van der Waals surface area contributed by atoms with Crippen LogP contribution in [0.1, 0.15) is 30.2 Å². The maximum Gasteiger partial charge on any atom is 0.123 e. The highest BCUT2D eigenvalue weighted by molar-refractivity contribution is 5.75. The van der Waals surface area contributed by atoms with Crippen LogP contribution in [0.3, 0.4) is 0 Å². The smallest absolute Gasteiger partial charge is 0.123 e. The number of para-hydroxylation sites is 2. The number of fused-ring (bicyclic) bond motifs is 1. The second-order valence-electron chi connectivity index (χ2n) is 6.61. The summed E-state index contributed by atoms with van der Waals surface area (Å²) >= 11 is 0. The lowest BCUT2D eigenvalue weighted by Gasteiger charge is -2.15. The lowest BCUT2D eigenvalue weighted by Crippen LogP contribution is -2.20. The van der Waals surface area contributed by atoms with Crippen molar-refractivity contribution in [3.8, 4) is 5.69 Å². The van der Waals surface area contributed by atoms with E-state index in [1.165, 1.54) is 5.56 Å². The summed E-state index contributed by atoms with van der Waals surface area (Å²) < 4.78 is 4.24. The molecule has 26 heavy (non-hydrogen) atoms. The molecule has 5 heteroatoms. The van der Waals surface area contributed by atoms with E-state index >= 15 is 0 Å². The number of benzene rings is 2. The molecule has 0 amide bonds. The minimum Gasteiger partial charge on any atom is -0.330 e. The van der Waals surface area contributed by atoms with Crippen molar-refractivity contribution in [1.82, 2.24) is 24.4 Å². The van der Waals surface area contributed by atoms with Gasteiger partial charge in [0.1, 0.15) is 11.6 Å². The molecular formula is C21H23N5. The quantitative estimate of drug-likeness (QED) is 0.596. The second kappa shape index (κ2) is 6.77. The van der Waals surface area contributed by atoms with Gasteiger partial charge in [-0.25, -0.2) is 9.97 Å². The normalized spacial score (nSPS) is 12.6. The molecule has 0 aliphatic rings. The fourth-order valence-electron chi connectivity index (χ4n) is 3.29. The first-order chi connectivity index (χ1) is 12.6. The Morgan fingerprint density at radius 1 is 1.08 bits per heavy atom.